The van der Waals surface area contributed by atoms with E-state index in [0.717, 1.165) is 25.7 Å². The van der Waals surface area contributed by atoms with Crippen molar-refractivity contribution in [1.82, 2.24) is 0 Å². The summed E-state index contributed by atoms with van der Waals surface area (Å²) in [6.45, 7) is 4.10. The molecule has 92 valence electrons. The fourth-order valence-corrected chi connectivity index (χ4v) is 1.68. The van der Waals surface area contributed by atoms with E-state index in [0.29, 0.717) is 0 Å². The number of carbonyl (C=O) groups is 2. The molecule has 0 spiro atoms. The summed E-state index contributed by atoms with van der Waals surface area (Å²) in [5, 5.41) is 0. The van der Waals surface area contributed by atoms with Crippen LogP contribution in [0.5, 0.6) is 0 Å². The van der Waals surface area contributed by atoms with Crippen LogP contribution in [0.1, 0.15) is 46.0 Å². The second-order valence-electron chi connectivity index (χ2n) is 4.66. The molecule has 0 atom stereocenters. The molecule has 4 nitrogen and oxygen atoms in total. The monoisotopic (exact) mass is 228 g/mol. The molecule has 16 heavy (non-hydrogen) atoms. The van der Waals surface area contributed by atoms with E-state index in [2.05, 4.69) is 0 Å². The van der Waals surface area contributed by atoms with Crippen LogP contribution >= 0.6 is 0 Å². The number of esters is 2. The molecular weight excluding hydrogens is 208 g/mol. The van der Waals surface area contributed by atoms with Gasteiger partial charge in [-0.1, -0.05) is 20.3 Å². The van der Waals surface area contributed by atoms with E-state index in [1.165, 1.54) is 6.42 Å². The molecule has 1 aliphatic rings. The highest BCUT2D eigenvalue weighted by atomic mass is 16.6. The average Bonchev–Trinajstić information content (AvgIpc) is 2.27. The third-order valence-corrected chi connectivity index (χ3v) is 2.54. The molecule has 0 unspecified atom stereocenters. The molecule has 1 aliphatic carbocycles. The maximum absolute atomic E-state index is 11.3. The van der Waals surface area contributed by atoms with Crippen LogP contribution in [0.25, 0.3) is 0 Å². The van der Waals surface area contributed by atoms with Crippen molar-refractivity contribution in [1.29, 1.82) is 0 Å². The van der Waals surface area contributed by atoms with Crippen LogP contribution in [0.15, 0.2) is 0 Å². The molecule has 0 N–H and O–H groups in total. The lowest BCUT2D eigenvalue weighted by Gasteiger charge is -2.21. The predicted octanol–water partition coefficient (Wildman–Crippen LogP) is 2.06. The normalized spacial score (nSPS) is 17.2. The number of hydrogen-bond donors (Lipinski definition) is 0. The molecule has 0 heterocycles. The summed E-state index contributed by atoms with van der Waals surface area (Å²) in [5.41, 5.74) is 0. The van der Waals surface area contributed by atoms with Crippen LogP contribution in [0.4, 0.5) is 0 Å². The fraction of sp³-hybridized carbons (Fsp3) is 0.833. The van der Waals surface area contributed by atoms with Crippen LogP contribution in [-0.2, 0) is 19.1 Å². The molecule has 1 saturated carbocycles. The summed E-state index contributed by atoms with van der Waals surface area (Å²) in [6.07, 6.45) is 4.96. The largest absolute Gasteiger partial charge is 0.457 e. The lowest BCUT2D eigenvalue weighted by molar-refractivity contribution is -0.172. The molecule has 0 saturated heterocycles. The number of ether oxygens (including phenoxy) is 2. The molecule has 0 radical (unpaired) electrons. The topological polar surface area (TPSA) is 52.6 Å². The third kappa shape index (κ3) is 4.64. The van der Waals surface area contributed by atoms with E-state index in [1.807, 2.05) is 13.8 Å². The summed E-state index contributed by atoms with van der Waals surface area (Å²) in [6, 6.07) is 0. The van der Waals surface area contributed by atoms with Crippen LogP contribution in [0.3, 0.4) is 0 Å². The number of hydrogen-bond acceptors (Lipinski definition) is 4. The molecule has 4 heteroatoms. The molecule has 1 fully saturated rings. The van der Waals surface area contributed by atoms with Crippen LogP contribution in [0, 0.1) is 5.92 Å². The Morgan fingerprint density at radius 3 is 2.31 bits per heavy atom. The Morgan fingerprint density at radius 2 is 1.75 bits per heavy atom. The van der Waals surface area contributed by atoms with Gasteiger partial charge in [-0.05, 0) is 31.6 Å². The Morgan fingerprint density at radius 1 is 1.12 bits per heavy atom. The minimum Gasteiger partial charge on any atom is -0.457 e. The van der Waals surface area contributed by atoms with Crippen LogP contribution in [0.2, 0.25) is 0 Å². The standard InChI is InChI=1S/C12H20O4/c1-9(2)8-15-11(13)12(14)16-10-6-4-3-5-7-10/h9-10H,3-8H2,1-2H3. The van der Waals surface area contributed by atoms with E-state index in [9.17, 15) is 9.59 Å². The Kier molecular flexibility index (Phi) is 5.29. The maximum atomic E-state index is 11.3. The quantitative estimate of drug-likeness (QED) is 0.548. The minimum absolute atomic E-state index is 0.0900. The third-order valence-electron chi connectivity index (χ3n) is 2.54. The number of carbonyl (C=O) groups excluding carboxylic acids is 2. The SMILES string of the molecule is CC(C)COC(=O)C(=O)OC1CCCCC1. The van der Waals surface area contributed by atoms with Crippen LogP contribution < -0.4 is 0 Å². The van der Waals surface area contributed by atoms with Crippen molar-refractivity contribution < 1.29 is 19.1 Å². The Hall–Kier alpha value is -1.06. The smallest absolute Gasteiger partial charge is 0.417 e. The van der Waals surface area contributed by atoms with Gasteiger partial charge < -0.3 is 9.47 Å². The molecule has 0 aromatic carbocycles. The Bertz CT molecular complexity index is 241. The molecular formula is C12H20O4. The molecule has 0 bridgehead atoms. The fourth-order valence-electron chi connectivity index (χ4n) is 1.68. The van der Waals surface area contributed by atoms with Crippen molar-refractivity contribution in [3.8, 4) is 0 Å². The second kappa shape index (κ2) is 6.51. The summed E-state index contributed by atoms with van der Waals surface area (Å²) in [4.78, 5) is 22.6. The highest BCUT2D eigenvalue weighted by Crippen LogP contribution is 2.20. The van der Waals surface area contributed by atoms with Gasteiger partial charge in [-0.3, -0.25) is 0 Å². The van der Waals surface area contributed by atoms with Crippen molar-refractivity contribution in [2.75, 3.05) is 6.61 Å². The number of rotatable bonds is 3. The van der Waals surface area contributed by atoms with Crippen molar-refractivity contribution in [3.63, 3.8) is 0 Å². The molecule has 0 aliphatic heterocycles. The zero-order valence-corrected chi connectivity index (χ0v) is 10.0. The van der Waals surface area contributed by atoms with Gasteiger partial charge in [-0.25, -0.2) is 9.59 Å². The van der Waals surface area contributed by atoms with Gasteiger partial charge in [0.25, 0.3) is 0 Å². The predicted molar refractivity (Wildman–Crippen MR) is 58.8 cm³/mol. The summed E-state index contributed by atoms with van der Waals surface area (Å²) >= 11 is 0. The van der Waals surface area contributed by atoms with Gasteiger partial charge in [-0.15, -0.1) is 0 Å². The average molecular weight is 228 g/mol. The lowest BCUT2D eigenvalue weighted by Crippen LogP contribution is -2.28. The second-order valence-corrected chi connectivity index (χ2v) is 4.66. The first-order valence-electron chi connectivity index (χ1n) is 5.97. The minimum atomic E-state index is -0.862. The van der Waals surface area contributed by atoms with Gasteiger partial charge in [0.1, 0.15) is 6.10 Å². The summed E-state index contributed by atoms with van der Waals surface area (Å²) in [5.74, 6) is -1.47. The zero-order valence-electron chi connectivity index (χ0n) is 10.0. The van der Waals surface area contributed by atoms with E-state index in [4.69, 9.17) is 9.47 Å². The highest BCUT2D eigenvalue weighted by Gasteiger charge is 2.23. The van der Waals surface area contributed by atoms with Gasteiger partial charge in [0, 0.05) is 0 Å². The van der Waals surface area contributed by atoms with Crippen molar-refractivity contribution in [3.05, 3.63) is 0 Å². The molecule has 0 aromatic heterocycles. The van der Waals surface area contributed by atoms with E-state index < -0.39 is 11.9 Å². The zero-order chi connectivity index (χ0) is 12.0. The first kappa shape index (κ1) is 13.0. The Labute approximate surface area is 96.3 Å². The maximum Gasteiger partial charge on any atom is 0.417 e. The van der Waals surface area contributed by atoms with E-state index in [1.54, 1.807) is 0 Å². The van der Waals surface area contributed by atoms with Crippen LogP contribution in [-0.4, -0.2) is 24.6 Å². The summed E-state index contributed by atoms with van der Waals surface area (Å²) < 4.78 is 9.87. The van der Waals surface area contributed by atoms with Crippen molar-refractivity contribution in [2.45, 2.75) is 52.1 Å². The van der Waals surface area contributed by atoms with Gasteiger partial charge in [0.2, 0.25) is 0 Å². The summed E-state index contributed by atoms with van der Waals surface area (Å²) in [7, 11) is 0. The molecule has 1 rings (SSSR count). The molecule has 0 aromatic rings. The van der Waals surface area contributed by atoms with Gasteiger partial charge in [0.15, 0.2) is 0 Å². The highest BCUT2D eigenvalue weighted by molar-refractivity contribution is 6.29. The van der Waals surface area contributed by atoms with Gasteiger partial charge >= 0.3 is 11.9 Å². The first-order valence-corrected chi connectivity index (χ1v) is 5.97. The van der Waals surface area contributed by atoms with E-state index in [-0.39, 0.29) is 18.6 Å². The Balaban J connectivity index is 2.25. The van der Waals surface area contributed by atoms with Crippen molar-refractivity contribution >= 4 is 11.9 Å². The van der Waals surface area contributed by atoms with Gasteiger partial charge in [0.05, 0.1) is 6.61 Å². The van der Waals surface area contributed by atoms with Gasteiger partial charge in [-0.2, -0.15) is 0 Å². The first-order chi connectivity index (χ1) is 7.59. The lowest BCUT2D eigenvalue weighted by atomic mass is 9.98. The van der Waals surface area contributed by atoms with E-state index >= 15 is 0 Å². The molecule has 0 amide bonds. The van der Waals surface area contributed by atoms with Crippen molar-refractivity contribution in [2.24, 2.45) is 5.92 Å².